The van der Waals surface area contributed by atoms with Crippen LogP contribution in [0.4, 0.5) is 0 Å². The zero-order valence-electron chi connectivity index (χ0n) is 11.3. The molecule has 4 nitrogen and oxygen atoms in total. The molecule has 1 aliphatic rings. The van der Waals surface area contributed by atoms with Gasteiger partial charge in [0.05, 0.1) is 0 Å². The summed E-state index contributed by atoms with van der Waals surface area (Å²) in [6, 6.07) is 7.80. The first-order chi connectivity index (χ1) is 9.22. The number of rotatable bonds is 6. The summed E-state index contributed by atoms with van der Waals surface area (Å²) in [5.41, 5.74) is 1.11. The van der Waals surface area contributed by atoms with Gasteiger partial charge >= 0.3 is 0 Å². The molecule has 1 unspecified atom stereocenters. The number of fused-ring (bicyclic) bond motifs is 1. The van der Waals surface area contributed by atoms with Crippen molar-refractivity contribution in [2.75, 3.05) is 20.2 Å². The molecule has 104 valence electrons. The van der Waals surface area contributed by atoms with E-state index >= 15 is 0 Å². The molecule has 1 atom stereocenters. The molecule has 0 aromatic heterocycles. The van der Waals surface area contributed by atoms with Crippen molar-refractivity contribution in [3.63, 3.8) is 0 Å². The molecule has 0 aliphatic carbocycles. The highest BCUT2D eigenvalue weighted by Crippen LogP contribution is 2.28. The lowest BCUT2D eigenvalue weighted by Crippen LogP contribution is -2.39. The minimum absolute atomic E-state index is 0.0419. The van der Waals surface area contributed by atoms with Crippen LogP contribution < -0.4 is 4.74 Å². The predicted octanol–water partition coefficient (Wildman–Crippen LogP) is 1.61. The van der Waals surface area contributed by atoms with Crippen LogP contribution in [0.1, 0.15) is 24.8 Å². The van der Waals surface area contributed by atoms with Crippen molar-refractivity contribution in [1.29, 1.82) is 0 Å². The Morgan fingerprint density at radius 3 is 2.89 bits per heavy atom. The summed E-state index contributed by atoms with van der Waals surface area (Å²) in [7, 11) is 1.81. The minimum atomic E-state index is -0.375. The molecule has 0 saturated carbocycles. The van der Waals surface area contributed by atoms with Gasteiger partial charge in [0.2, 0.25) is 0 Å². The zero-order valence-corrected chi connectivity index (χ0v) is 11.3. The Labute approximate surface area is 114 Å². The molecule has 1 aromatic rings. The van der Waals surface area contributed by atoms with E-state index in [9.17, 15) is 4.79 Å². The van der Waals surface area contributed by atoms with Crippen LogP contribution in [0.2, 0.25) is 0 Å². The van der Waals surface area contributed by atoms with Gasteiger partial charge in [-0.2, -0.15) is 0 Å². The Morgan fingerprint density at radius 2 is 2.16 bits per heavy atom. The Hall–Kier alpha value is -1.55. The second-order valence-corrected chi connectivity index (χ2v) is 4.96. The van der Waals surface area contributed by atoms with Gasteiger partial charge in [0.1, 0.15) is 5.75 Å². The number of carbonyl (C=O) groups is 1. The molecular weight excluding hydrogens is 242 g/mol. The second kappa shape index (κ2) is 6.57. The second-order valence-electron chi connectivity index (χ2n) is 4.96. The van der Waals surface area contributed by atoms with Gasteiger partial charge in [-0.15, -0.1) is 0 Å². The summed E-state index contributed by atoms with van der Waals surface area (Å²) >= 11 is 0. The van der Waals surface area contributed by atoms with Crippen molar-refractivity contribution in [3.8, 4) is 5.75 Å². The molecule has 1 N–H and O–H groups in total. The molecule has 0 spiro atoms. The fourth-order valence-electron chi connectivity index (χ4n) is 2.31. The maximum atomic E-state index is 12.2. The summed E-state index contributed by atoms with van der Waals surface area (Å²) in [4.78, 5) is 14.0. The smallest absolute Gasteiger partial charge is 0.263 e. The number of unbranched alkanes of at least 4 members (excludes halogenated alkanes) is 2. The molecule has 1 aliphatic heterocycles. The molecule has 1 heterocycles. The minimum Gasteiger partial charge on any atom is -0.480 e. The largest absolute Gasteiger partial charge is 0.480 e. The van der Waals surface area contributed by atoms with E-state index in [-0.39, 0.29) is 18.6 Å². The van der Waals surface area contributed by atoms with Gasteiger partial charge in [-0.3, -0.25) is 4.79 Å². The average Bonchev–Trinajstić information content (AvgIpc) is 2.86. The molecule has 19 heavy (non-hydrogen) atoms. The van der Waals surface area contributed by atoms with Crippen molar-refractivity contribution in [2.45, 2.75) is 31.8 Å². The summed E-state index contributed by atoms with van der Waals surface area (Å²) in [6.45, 7) is 0.938. The van der Waals surface area contributed by atoms with Crippen LogP contribution in [0.25, 0.3) is 0 Å². The number of para-hydroxylation sites is 1. The van der Waals surface area contributed by atoms with Crippen molar-refractivity contribution in [2.24, 2.45) is 0 Å². The van der Waals surface area contributed by atoms with Gasteiger partial charge in [0.15, 0.2) is 6.10 Å². The first-order valence-corrected chi connectivity index (χ1v) is 6.83. The highest BCUT2D eigenvalue weighted by molar-refractivity contribution is 5.82. The lowest BCUT2D eigenvalue weighted by atomic mass is 10.1. The summed E-state index contributed by atoms with van der Waals surface area (Å²) in [5, 5.41) is 8.71. The van der Waals surface area contributed by atoms with Crippen LogP contribution in [-0.4, -0.2) is 42.2 Å². The molecule has 0 radical (unpaired) electrons. The monoisotopic (exact) mass is 263 g/mol. The quantitative estimate of drug-likeness (QED) is 0.793. The maximum Gasteiger partial charge on any atom is 0.263 e. The SMILES string of the molecule is CN(CCCCCO)C(=O)C1Cc2ccccc2O1. The van der Waals surface area contributed by atoms with Crippen molar-refractivity contribution in [3.05, 3.63) is 29.8 Å². The van der Waals surface area contributed by atoms with Gasteiger partial charge in [0.25, 0.3) is 5.91 Å². The molecule has 1 amide bonds. The number of aliphatic hydroxyl groups excluding tert-OH is 1. The summed E-state index contributed by atoms with van der Waals surface area (Å²) < 4.78 is 5.69. The van der Waals surface area contributed by atoms with Crippen LogP contribution in [0.15, 0.2) is 24.3 Å². The Bertz CT molecular complexity index is 408. The number of nitrogens with zero attached hydrogens (tertiary/aromatic N) is 1. The van der Waals surface area contributed by atoms with E-state index in [1.807, 2.05) is 31.3 Å². The fraction of sp³-hybridized carbons (Fsp3) is 0.533. The van der Waals surface area contributed by atoms with Gasteiger partial charge in [-0.1, -0.05) is 18.2 Å². The normalized spacial score (nSPS) is 16.8. The number of aliphatic hydroxyl groups is 1. The Morgan fingerprint density at radius 1 is 1.37 bits per heavy atom. The van der Waals surface area contributed by atoms with Crippen molar-refractivity contribution >= 4 is 5.91 Å². The highest BCUT2D eigenvalue weighted by Gasteiger charge is 2.30. The first kappa shape index (κ1) is 13.9. The number of benzene rings is 1. The Balaban J connectivity index is 1.81. The standard InChI is InChI=1S/C15H21NO3/c1-16(9-5-2-6-10-17)15(18)14-11-12-7-3-4-8-13(12)19-14/h3-4,7-8,14,17H,2,5-6,9-11H2,1H3. The van der Waals surface area contributed by atoms with Gasteiger partial charge in [0, 0.05) is 26.6 Å². The van der Waals surface area contributed by atoms with E-state index in [4.69, 9.17) is 9.84 Å². The molecule has 0 bridgehead atoms. The van der Waals surface area contributed by atoms with E-state index in [1.54, 1.807) is 4.90 Å². The molecule has 0 fully saturated rings. The number of amides is 1. The third kappa shape index (κ3) is 3.47. The van der Waals surface area contributed by atoms with Crippen molar-refractivity contribution < 1.29 is 14.6 Å². The Kier molecular flexibility index (Phi) is 4.80. The van der Waals surface area contributed by atoms with Crippen LogP contribution in [0.5, 0.6) is 5.75 Å². The fourth-order valence-corrected chi connectivity index (χ4v) is 2.31. The van der Waals surface area contributed by atoms with E-state index in [0.717, 1.165) is 37.1 Å². The molecular formula is C15H21NO3. The third-order valence-electron chi connectivity index (χ3n) is 3.45. The molecule has 4 heteroatoms. The lowest BCUT2D eigenvalue weighted by Gasteiger charge is -2.20. The van der Waals surface area contributed by atoms with Crippen molar-refractivity contribution in [1.82, 2.24) is 4.90 Å². The number of hydrogen-bond donors (Lipinski definition) is 1. The lowest BCUT2D eigenvalue weighted by molar-refractivity contribution is -0.136. The molecule has 0 saturated heterocycles. The van der Waals surface area contributed by atoms with Crippen LogP contribution in [0.3, 0.4) is 0 Å². The zero-order chi connectivity index (χ0) is 13.7. The maximum absolute atomic E-state index is 12.2. The van der Waals surface area contributed by atoms with E-state index in [2.05, 4.69) is 0 Å². The molecule has 1 aromatic carbocycles. The van der Waals surface area contributed by atoms with E-state index in [1.165, 1.54) is 0 Å². The summed E-state index contributed by atoms with van der Waals surface area (Å²) in [5.74, 6) is 0.870. The molecule has 2 rings (SSSR count). The van der Waals surface area contributed by atoms with E-state index in [0.29, 0.717) is 6.42 Å². The average molecular weight is 263 g/mol. The van der Waals surface area contributed by atoms with Crippen LogP contribution in [-0.2, 0) is 11.2 Å². The number of ether oxygens (including phenoxy) is 1. The van der Waals surface area contributed by atoms with Crippen LogP contribution >= 0.6 is 0 Å². The number of hydrogen-bond acceptors (Lipinski definition) is 3. The number of likely N-dealkylation sites (N-methyl/N-ethyl adjacent to an activating group) is 1. The first-order valence-electron chi connectivity index (χ1n) is 6.83. The van der Waals surface area contributed by atoms with Gasteiger partial charge in [-0.05, 0) is 30.9 Å². The predicted molar refractivity (Wildman–Crippen MR) is 73.1 cm³/mol. The van der Waals surface area contributed by atoms with Gasteiger partial charge in [-0.25, -0.2) is 0 Å². The number of carbonyl (C=O) groups excluding carboxylic acids is 1. The summed E-state index contributed by atoms with van der Waals surface area (Å²) in [6.07, 6.45) is 2.95. The van der Waals surface area contributed by atoms with Crippen LogP contribution in [0, 0.1) is 0 Å². The van der Waals surface area contributed by atoms with E-state index < -0.39 is 0 Å². The topological polar surface area (TPSA) is 49.8 Å². The van der Waals surface area contributed by atoms with Gasteiger partial charge < -0.3 is 14.7 Å². The third-order valence-corrected chi connectivity index (χ3v) is 3.45. The highest BCUT2D eigenvalue weighted by atomic mass is 16.5.